The second kappa shape index (κ2) is 4.63. The van der Waals surface area contributed by atoms with Gasteiger partial charge in [-0.25, -0.2) is 0 Å². The molecular formula is C12H10BrNO3. The van der Waals surface area contributed by atoms with Gasteiger partial charge in [0.15, 0.2) is 10.4 Å². The smallest absolute Gasteiger partial charge is 0.291 e. The van der Waals surface area contributed by atoms with E-state index in [1.54, 1.807) is 31.2 Å². The van der Waals surface area contributed by atoms with Gasteiger partial charge in [0.05, 0.1) is 0 Å². The van der Waals surface area contributed by atoms with Crippen LogP contribution in [0.4, 0.5) is 5.69 Å². The number of aryl methyl sites for hydroxylation is 1. The Hall–Kier alpha value is -1.75. The third kappa shape index (κ3) is 2.68. The van der Waals surface area contributed by atoms with Crippen molar-refractivity contribution in [2.24, 2.45) is 0 Å². The average molecular weight is 296 g/mol. The lowest BCUT2D eigenvalue weighted by Gasteiger charge is -2.05. The Morgan fingerprint density at radius 2 is 2.12 bits per heavy atom. The number of amides is 1. The van der Waals surface area contributed by atoms with E-state index in [4.69, 9.17) is 4.42 Å². The molecule has 0 aliphatic rings. The molecule has 4 nitrogen and oxygen atoms in total. The van der Waals surface area contributed by atoms with Gasteiger partial charge in [-0.3, -0.25) is 4.79 Å². The number of phenolic OH excluding ortho intramolecular Hbond substituents is 1. The molecule has 0 spiro atoms. The summed E-state index contributed by atoms with van der Waals surface area (Å²) in [5, 5.41) is 12.0. The Labute approximate surface area is 106 Å². The number of carbonyl (C=O) groups excluding carboxylic acids is 1. The molecule has 5 heteroatoms. The molecule has 0 aliphatic carbocycles. The molecule has 0 atom stereocenters. The summed E-state index contributed by atoms with van der Waals surface area (Å²) in [7, 11) is 0. The summed E-state index contributed by atoms with van der Waals surface area (Å²) >= 11 is 3.13. The molecule has 0 unspecified atom stereocenters. The molecule has 0 saturated carbocycles. The Morgan fingerprint density at radius 1 is 1.35 bits per heavy atom. The van der Waals surface area contributed by atoms with Crippen LogP contribution in [-0.4, -0.2) is 11.0 Å². The van der Waals surface area contributed by atoms with E-state index in [0.717, 1.165) is 0 Å². The highest BCUT2D eigenvalue weighted by Gasteiger charge is 2.10. The number of nitrogens with one attached hydrogen (secondary N) is 1. The predicted octanol–water partition coefficient (Wildman–Crippen LogP) is 3.31. The van der Waals surface area contributed by atoms with Crippen molar-refractivity contribution >= 4 is 27.5 Å². The lowest BCUT2D eigenvalue weighted by atomic mass is 10.2. The van der Waals surface area contributed by atoms with Crippen molar-refractivity contribution in [1.82, 2.24) is 0 Å². The molecule has 0 fully saturated rings. The van der Waals surface area contributed by atoms with E-state index in [9.17, 15) is 9.90 Å². The van der Waals surface area contributed by atoms with E-state index in [1.807, 2.05) is 0 Å². The number of aromatic hydroxyl groups is 1. The summed E-state index contributed by atoms with van der Waals surface area (Å²) in [4.78, 5) is 11.7. The lowest BCUT2D eigenvalue weighted by molar-refractivity contribution is 0.0995. The highest BCUT2D eigenvalue weighted by Crippen LogP contribution is 2.21. The first-order chi connectivity index (χ1) is 8.06. The summed E-state index contributed by atoms with van der Waals surface area (Å²) in [6.45, 7) is 1.76. The summed E-state index contributed by atoms with van der Waals surface area (Å²) < 4.78 is 5.63. The average Bonchev–Trinajstić information content (AvgIpc) is 2.70. The first kappa shape index (κ1) is 11.7. The molecule has 0 saturated heterocycles. The highest BCUT2D eigenvalue weighted by atomic mass is 79.9. The Bertz CT molecular complexity index is 563. The van der Waals surface area contributed by atoms with E-state index in [0.29, 0.717) is 15.9 Å². The van der Waals surface area contributed by atoms with Crippen LogP contribution < -0.4 is 5.32 Å². The monoisotopic (exact) mass is 295 g/mol. The lowest BCUT2D eigenvalue weighted by Crippen LogP contribution is -2.10. The van der Waals surface area contributed by atoms with Gasteiger partial charge in [0.2, 0.25) is 0 Å². The summed E-state index contributed by atoms with van der Waals surface area (Å²) in [5.74, 6) is 0.0899. The van der Waals surface area contributed by atoms with Crippen LogP contribution in [0.25, 0.3) is 0 Å². The summed E-state index contributed by atoms with van der Waals surface area (Å²) in [6, 6.07) is 8.07. The number of furan rings is 1. The first-order valence-corrected chi connectivity index (χ1v) is 5.72. The van der Waals surface area contributed by atoms with Crippen molar-refractivity contribution in [1.29, 1.82) is 0 Å². The van der Waals surface area contributed by atoms with E-state index in [2.05, 4.69) is 21.2 Å². The molecule has 2 aromatic rings. The van der Waals surface area contributed by atoms with E-state index >= 15 is 0 Å². The normalized spacial score (nSPS) is 10.2. The van der Waals surface area contributed by atoms with Gasteiger partial charge < -0.3 is 14.8 Å². The van der Waals surface area contributed by atoms with Crippen LogP contribution in [0, 0.1) is 6.92 Å². The van der Waals surface area contributed by atoms with Crippen molar-refractivity contribution in [2.75, 3.05) is 5.32 Å². The van der Waals surface area contributed by atoms with Gasteiger partial charge in [0.25, 0.3) is 5.91 Å². The van der Waals surface area contributed by atoms with Crippen molar-refractivity contribution < 1.29 is 14.3 Å². The largest absolute Gasteiger partial charge is 0.508 e. The fourth-order valence-electron chi connectivity index (χ4n) is 1.36. The van der Waals surface area contributed by atoms with Crippen molar-refractivity contribution in [3.8, 4) is 5.75 Å². The first-order valence-electron chi connectivity index (χ1n) is 4.92. The number of rotatable bonds is 2. The molecule has 0 radical (unpaired) electrons. The topological polar surface area (TPSA) is 62.5 Å². The van der Waals surface area contributed by atoms with E-state index < -0.39 is 0 Å². The van der Waals surface area contributed by atoms with Crippen molar-refractivity contribution in [2.45, 2.75) is 6.92 Å². The van der Waals surface area contributed by atoms with E-state index in [-0.39, 0.29) is 17.4 Å². The van der Waals surface area contributed by atoms with Crippen LogP contribution in [0.15, 0.2) is 39.4 Å². The summed E-state index contributed by atoms with van der Waals surface area (Å²) in [5.41, 5.74) is 1.31. The predicted molar refractivity (Wildman–Crippen MR) is 67.2 cm³/mol. The molecule has 17 heavy (non-hydrogen) atoms. The molecule has 1 aromatic carbocycles. The Kier molecular flexibility index (Phi) is 3.19. The van der Waals surface area contributed by atoms with Gasteiger partial charge in [-0.1, -0.05) is 0 Å². The molecule has 1 heterocycles. The van der Waals surface area contributed by atoms with Gasteiger partial charge in [-0.2, -0.15) is 0 Å². The minimum absolute atomic E-state index is 0.198. The maximum absolute atomic E-state index is 11.7. The molecular weight excluding hydrogens is 286 g/mol. The number of phenols is 1. The highest BCUT2D eigenvalue weighted by molar-refractivity contribution is 9.10. The molecule has 88 valence electrons. The van der Waals surface area contributed by atoms with Crippen molar-refractivity contribution in [3.05, 3.63) is 46.3 Å². The third-order valence-corrected chi connectivity index (χ3v) is 2.68. The number of hydrogen-bond acceptors (Lipinski definition) is 3. The maximum atomic E-state index is 11.7. The van der Waals surface area contributed by atoms with Gasteiger partial charge in [0.1, 0.15) is 5.75 Å². The van der Waals surface area contributed by atoms with Crippen LogP contribution in [0.1, 0.15) is 16.1 Å². The minimum Gasteiger partial charge on any atom is -0.508 e. The van der Waals surface area contributed by atoms with Crippen LogP contribution in [-0.2, 0) is 0 Å². The zero-order valence-corrected chi connectivity index (χ0v) is 10.6. The summed E-state index contributed by atoms with van der Waals surface area (Å²) in [6.07, 6.45) is 0. The second-order valence-electron chi connectivity index (χ2n) is 3.56. The SMILES string of the molecule is Cc1cc(NC(=O)c2ccc(Br)o2)ccc1O. The Balaban J connectivity index is 2.15. The quantitative estimate of drug-likeness (QED) is 0.836. The molecule has 1 aromatic heterocycles. The number of carbonyl (C=O) groups is 1. The number of halogens is 1. The minimum atomic E-state index is -0.333. The van der Waals surface area contributed by atoms with Crippen LogP contribution in [0.3, 0.4) is 0 Å². The Morgan fingerprint density at radius 3 is 2.71 bits per heavy atom. The number of benzene rings is 1. The molecule has 0 aliphatic heterocycles. The fourth-order valence-corrected chi connectivity index (χ4v) is 1.67. The van der Waals surface area contributed by atoms with Gasteiger partial charge in [0, 0.05) is 5.69 Å². The van der Waals surface area contributed by atoms with E-state index in [1.165, 1.54) is 6.07 Å². The third-order valence-electron chi connectivity index (χ3n) is 2.25. The van der Waals surface area contributed by atoms with Gasteiger partial charge in [-0.15, -0.1) is 0 Å². The molecule has 2 rings (SSSR count). The van der Waals surface area contributed by atoms with Crippen molar-refractivity contribution in [3.63, 3.8) is 0 Å². The zero-order chi connectivity index (χ0) is 12.4. The fraction of sp³-hybridized carbons (Fsp3) is 0.0833. The number of hydrogen-bond donors (Lipinski definition) is 2. The van der Waals surface area contributed by atoms with Crippen LogP contribution >= 0.6 is 15.9 Å². The second-order valence-corrected chi connectivity index (χ2v) is 4.34. The molecule has 0 bridgehead atoms. The van der Waals surface area contributed by atoms with Crippen LogP contribution in [0.2, 0.25) is 0 Å². The van der Waals surface area contributed by atoms with Crippen LogP contribution in [0.5, 0.6) is 5.75 Å². The van der Waals surface area contributed by atoms with Gasteiger partial charge >= 0.3 is 0 Å². The standard InChI is InChI=1S/C12H10BrNO3/c1-7-6-8(2-3-9(7)15)14-12(16)10-4-5-11(13)17-10/h2-6,15H,1H3,(H,14,16). The molecule has 1 amide bonds. The molecule has 2 N–H and O–H groups in total. The zero-order valence-electron chi connectivity index (χ0n) is 9.03. The van der Waals surface area contributed by atoms with Gasteiger partial charge in [-0.05, 0) is 58.7 Å². The maximum Gasteiger partial charge on any atom is 0.291 e. The number of anilines is 1.